The van der Waals surface area contributed by atoms with Crippen molar-refractivity contribution in [2.45, 2.75) is 51.5 Å². The van der Waals surface area contributed by atoms with Crippen LogP contribution in [-0.4, -0.2) is 24.1 Å². The molecule has 2 heteroatoms. The van der Waals surface area contributed by atoms with Crippen molar-refractivity contribution in [3.63, 3.8) is 0 Å². The second-order valence-electron chi connectivity index (χ2n) is 4.81. The van der Waals surface area contributed by atoms with Gasteiger partial charge in [0.2, 0.25) is 0 Å². The van der Waals surface area contributed by atoms with E-state index in [4.69, 9.17) is 0 Å². The largest absolute Gasteiger partial charge is 0.314 e. The third-order valence-corrected chi connectivity index (χ3v) is 4.41. The molecule has 1 rings (SSSR count). The molecule has 0 aromatic carbocycles. The summed E-state index contributed by atoms with van der Waals surface area (Å²) in [4.78, 5) is 0. The van der Waals surface area contributed by atoms with Gasteiger partial charge in [-0.25, -0.2) is 0 Å². The maximum absolute atomic E-state index is 3.83. The molecule has 16 heavy (non-hydrogen) atoms. The highest BCUT2D eigenvalue weighted by Crippen LogP contribution is 2.27. The molecule has 94 valence electrons. The van der Waals surface area contributed by atoms with Crippen LogP contribution >= 0.6 is 11.8 Å². The van der Waals surface area contributed by atoms with Gasteiger partial charge in [0, 0.05) is 6.04 Å². The molecular formula is C14H27NS. The summed E-state index contributed by atoms with van der Waals surface area (Å²) in [5.41, 5.74) is 0. The number of hydrogen-bond donors (Lipinski definition) is 1. The van der Waals surface area contributed by atoms with Crippen LogP contribution in [0, 0.1) is 5.92 Å². The standard InChI is InChI=1S/C14H27NS/c1-3-5-6-14(15-9-4-2)12-13-7-10-16-11-8-13/h3,13-15H,1,4-12H2,2H3. The maximum Gasteiger partial charge on any atom is 0.00726 e. The fourth-order valence-corrected chi connectivity index (χ4v) is 3.56. The Kier molecular flexibility index (Phi) is 8.04. The Bertz CT molecular complexity index is 176. The van der Waals surface area contributed by atoms with Crippen molar-refractivity contribution in [2.24, 2.45) is 5.92 Å². The Balaban J connectivity index is 2.25. The third kappa shape index (κ3) is 5.95. The molecule has 0 radical (unpaired) electrons. The van der Waals surface area contributed by atoms with Crippen LogP contribution in [0.4, 0.5) is 0 Å². The molecule has 1 aliphatic heterocycles. The summed E-state index contributed by atoms with van der Waals surface area (Å²) in [6.07, 6.45) is 9.97. The van der Waals surface area contributed by atoms with E-state index in [1.54, 1.807) is 0 Å². The predicted octanol–water partition coefficient (Wildman–Crippen LogP) is 3.85. The summed E-state index contributed by atoms with van der Waals surface area (Å²) < 4.78 is 0. The Labute approximate surface area is 105 Å². The van der Waals surface area contributed by atoms with Crippen molar-refractivity contribution in [3.05, 3.63) is 12.7 Å². The van der Waals surface area contributed by atoms with Gasteiger partial charge in [-0.3, -0.25) is 0 Å². The molecule has 0 spiro atoms. The van der Waals surface area contributed by atoms with Gasteiger partial charge in [-0.1, -0.05) is 13.0 Å². The highest BCUT2D eigenvalue weighted by atomic mass is 32.2. The normalized spacial score (nSPS) is 19.6. The molecule has 1 fully saturated rings. The van der Waals surface area contributed by atoms with Crippen LogP contribution in [0.25, 0.3) is 0 Å². The lowest BCUT2D eigenvalue weighted by atomic mass is 9.92. The van der Waals surface area contributed by atoms with Gasteiger partial charge in [0.25, 0.3) is 0 Å². The lowest BCUT2D eigenvalue weighted by molar-refractivity contribution is 0.352. The number of thioether (sulfide) groups is 1. The Hall–Kier alpha value is 0.0500. The Morgan fingerprint density at radius 1 is 1.44 bits per heavy atom. The van der Waals surface area contributed by atoms with Crippen LogP contribution in [0.2, 0.25) is 0 Å². The van der Waals surface area contributed by atoms with Crippen molar-refractivity contribution in [1.29, 1.82) is 0 Å². The van der Waals surface area contributed by atoms with Crippen molar-refractivity contribution in [2.75, 3.05) is 18.1 Å². The smallest absolute Gasteiger partial charge is 0.00726 e. The van der Waals surface area contributed by atoms with Crippen LogP contribution in [0.15, 0.2) is 12.7 Å². The van der Waals surface area contributed by atoms with Crippen molar-refractivity contribution in [1.82, 2.24) is 5.32 Å². The van der Waals surface area contributed by atoms with Crippen LogP contribution in [0.1, 0.15) is 45.4 Å². The van der Waals surface area contributed by atoms with E-state index in [0.717, 1.165) is 18.4 Å². The quantitative estimate of drug-likeness (QED) is 0.648. The minimum atomic E-state index is 0.728. The molecular weight excluding hydrogens is 214 g/mol. The molecule has 0 saturated carbocycles. The molecule has 1 heterocycles. The van der Waals surface area contributed by atoms with Gasteiger partial charge in [-0.2, -0.15) is 11.8 Å². The predicted molar refractivity (Wildman–Crippen MR) is 76.2 cm³/mol. The zero-order valence-corrected chi connectivity index (χ0v) is 11.5. The van der Waals surface area contributed by atoms with Crippen LogP contribution in [-0.2, 0) is 0 Å². The second kappa shape index (κ2) is 9.12. The molecule has 1 atom stereocenters. The molecule has 1 aliphatic rings. The van der Waals surface area contributed by atoms with E-state index >= 15 is 0 Å². The number of nitrogens with one attached hydrogen (secondary N) is 1. The molecule has 0 bridgehead atoms. The van der Waals surface area contributed by atoms with Crippen molar-refractivity contribution in [3.8, 4) is 0 Å². The zero-order valence-electron chi connectivity index (χ0n) is 10.7. The summed E-state index contributed by atoms with van der Waals surface area (Å²) in [7, 11) is 0. The summed E-state index contributed by atoms with van der Waals surface area (Å²) in [5.74, 6) is 3.74. The number of allylic oxidation sites excluding steroid dienone is 1. The lowest BCUT2D eigenvalue weighted by Gasteiger charge is -2.27. The minimum absolute atomic E-state index is 0.728. The van der Waals surface area contributed by atoms with Crippen LogP contribution in [0.5, 0.6) is 0 Å². The van der Waals surface area contributed by atoms with Gasteiger partial charge < -0.3 is 5.32 Å². The summed E-state index contributed by atoms with van der Waals surface area (Å²) in [6, 6.07) is 0.728. The maximum atomic E-state index is 3.83. The van der Waals surface area contributed by atoms with E-state index in [-0.39, 0.29) is 0 Å². The van der Waals surface area contributed by atoms with E-state index in [2.05, 4.69) is 36.7 Å². The van der Waals surface area contributed by atoms with Gasteiger partial charge in [-0.05, 0) is 62.5 Å². The minimum Gasteiger partial charge on any atom is -0.314 e. The number of hydrogen-bond acceptors (Lipinski definition) is 2. The van der Waals surface area contributed by atoms with E-state index in [9.17, 15) is 0 Å². The fourth-order valence-electron chi connectivity index (χ4n) is 2.36. The second-order valence-corrected chi connectivity index (χ2v) is 6.03. The third-order valence-electron chi connectivity index (χ3n) is 3.36. The van der Waals surface area contributed by atoms with Crippen molar-refractivity contribution < 1.29 is 0 Å². The van der Waals surface area contributed by atoms with Gasteiger partial charge in [0.1, 0.15) is 0 Å². The Morgan fingerprint density at radius 3 is 2.81 bits per heavy atom. The average molecular weight is 241 g/mol. The fraction of sp³-hybridized carbons (Fsp3) is 0.857. The highest BCUT2D eigenvalue weighted by molar-refractivity contribution is 7.99. The zero-order chi connectivity index (χ0) is 11.6. The van der Waals surface area contributed by atoms with Gasteiger partial charge >= 0.3 is 0 Å². The van der Waals surface area contributed by atoms with E-state index in [1.165, 1.54) is 50.2 Å². The van der Waals surface area contributed by atoms with E-state index in [1.807, 2.05) is 0 Å². The first-order valence-electron chi connectivity index (χ1n) is 6.78. The van der Waals surface area contributed by atoms with E-state index < -0.39 is 0 Å². The van der Waals surface area contributed by atoms with Gasteiger partial charge in [0.05, 0.1) is 0 Å². The molecule has 1 saturated heterocycles. The molecule has 1 N–H and O–H groups in total. The summed E-state index contributed by atoms with van der Waals surface area (Å²) in [5, 5.41) is 3.70. The van der Waals surface area contributed by atoms with Crippen LogP contribution in [0.3, 0.4) is 0 Å². The van der Waals surface area contributed by atoms with Crippen LogP contribution < -0.4 is 5.32 Å². The number of rotatable bonds is 8. The molecule has 0 aliphatic carbocycles. The average Bonchev–Trinajstić information content (AvgIpc) is 2.34. The first-order valence-corrected chi connectivity index (χ1v) is 7.94. The molecule has 0 aromatic rings. The van der Waals surface area contributed by atoms with Gasteiger partial charge in [-0.15, -0.1) is 6.58 Å². The molecule has 1 nitrogen and oxygen atoms in total. The van der Waals surface area contributed by atoms with E-state index in [0.29, 0.717) is 0 Å². The molecule has 1 unspecified atom stereocenters. The molecule has 0 aromatic heterocycles. The lowest BCUT2D eigenvalue weighted by Crippen LogP contribution is -2.32. The Morgan fingerprint density at radius 2 is 2.19 bits per heavy atom. The molecule has 0 amide bonds. The summed E-state index contributed by atoms with van der Waals surface area (Å²) in [6.45, 7) is 7.24. The topological polar surface area (TPSA) is 12.0 Å². The van der Waals surface area contributed by atoms with Gasteiger partial charge in [0.15, 0.2) is 0 Å². The van der Waals surface area contributed by atoms with Crippen molar-refractivity contribution >= 4 is 11.8 Å². The monoisotopic (exact) mass is 241 g/mol. The SMILES string of the molecule is C=CCCC(CC1CCSCC1)NCCC. The summed E-state index contributed by atoms with van der Waals surface area (Å²) >= 11 is 2.12. The first kappa shape index (κ1) is 14.1. The highest BCUT2D eigenvalue weighted by Gasteiger charge is 2.18. The first-order chi connectivity index (χ1) is 7.86.